The summed E-state index contributed by atoms with van der Waals surface area (Å²) in [6.07, 6.45) is 2.07. The van der Waals surface area contributed by atoms with E-state index in [2.05, 4.69) is 6.26 Å². The van der Waals surface area contributed by atoms with Gasteiger partial charge in [-0.3, -0.25) is 4.79 Å². The van der Waals surface area contributed by atoms with Gasteiger partial charge in [0.05, 0.1) is 10.8 Å². The standard InChI is InChI=1S/C11H13ClOS2/c1-14-6-7-15-8-11(13)9-4-2-3-5-10(9)12/h2-5H,6-8H2,1H3. The van der Waals surface area contributed by atoms with Crippen LogP contribution in [-0.4, -0.2) is 29.3 Å². The number of carbonyl (C=O) groups excluding carboxylic acids is 1. The summed E-state index contributed by atoms with van der Waals surface area (Å²) >= 11 is 9.38. The van der Waals surface area contributed by atoms with Gasteiger partial charge in [-0.1, -0.05) is 23.7 Å². The van der Waals surface area contributed by atoms with Gasteiger partial charge in [0, 0.05) is 17.1 Å². The van der Waals surface area contributed by atoms with Gasteiger partial charge in [0.15, 0.2) is 5.78 Å². The molecular weight excluding hydrogens is 248 g/mol. The number of rotatable bonds is 6. The van der Waals surface area contributed by atoms with E-state index in [1.807, 2.05) is 12.1 Å². The minimum absolute atomic E-state index is 0.117. The molecule has 1 aromatic carbocycles. The predicted molar refractivity (Wildman–Crippen MR) is 71.5 cm³/mol. The van der Waals surface area contributed by atoms with Gasteiger partial charge in [-0.2, -0.15) is 23.5 Å². The largest absolute Gasteiger partial charge is 0.293 e. The zero-order chi connectivity index (χ0) is 11.1. The Labute approximate surface area is 104 Å². The van der Waals surface area contributed by atoms with Crippen molar-refractivity contribution in [1.29, 1.82) is 0 Å². The highest BCUT2D eigenvalue weighted by Gasteiger charge is 2.08. The number of hydrogen-bond acceptors (Lipinski definition) is 3. The van der Waals surface area contributed by atoms with Gasteiger partial charge < -0.3 is 0 Å². The maximum Gasteiger partial charge on any atom is 0.174 e. The average Bonchev–Trinajstić information content (AvgIpc) is 2.25. The summed E-state index contributed by atoms with van der Waals surface area (Å²) in [7, 11) is 0. The molecule has 0 aliphatic heterocycles. The second-order valence-electron chi connectivity index (χ2n) is 2.95. The quantitative estimate of drug-likeness (QED) is 0.575. The first-order valence-corrected chi connectivity index (χ1v) is 7.52. The number of benzene rings is 1. The van der Waals surface area contributed by atoms with Crippen molar-refractivity contribution < 1.29 is 4.79 Å². The van der Waals surface area contributed by atoms with Crippen LogP contribution in [0.3, 0.4) is 0 Å². The van der Waals surface area contributed by atoms with Crippen LogP contribution < -0.4 is 0 Å². The van der Waals surface area contributed by atoms with Gasteiger partial charge in [0.25, 0.3) is 0 Å². The highest BCUT2D eigenvalue weighted by atomic mass is 35.5. The van der Waals surface area contributed by atoms with E-state index in [0.29, 0.717) is 16.3 Å². The summed E-state index contributed by atoms with van der Waals surface area (Å²) in [6.45, 7) is 0. The molecule has 1 aromatic rings. The van der Waals surface area contributed by atoms with E-state index in [0.717, 1.165) is 11.5 Å². The molecule has 0 bridgehead atoms. The third-order valence-electron chi connectivity index (χ3n) is 1.84. The van der Waals surface area contributed by atoms with Gasteiger partial charge in [0.2, 0.25) is 0 Å². The van der Waals surface area contributed by atoms with Gasteiger partial charge >= 0.3 is 0 Å². The zero-order valence-corrected chi connectivity index (χ0v) is 10.9. The first-order valence-electron chi connectivity index (χ1n) is 4.60. The van der Waals surface area contributed by atoms with Crippen LogP contribution in [-0.2, 0) is 0 Å². The Kier molecular flexibility index (Phi) is 6.22. The molecule has 0 heterocycles. The first-order chi connectivity index (χ1) is 7.25. The van der Waals surface area contributed by atoms with E-state index in [4.69, 9.17) is 11.6 Å². The second-order valence-corrected chi connectivity index (χ2v) is 5.45. The van der Waals surface area contributed by atoms with Crippen molar-refractivity contribution in [2.45, 2.75) is 0 Å². The Morgan fingerprint density at radius 2 is 2.07 bits per heavy atom. The van der Waals surface area contributed by atoms with Crippen molar-refractivity contribution in [3.63, 3.8) is 0 Å². The molecule has 1 nitrogen and oxygen atoms in total. The molecule has 0 aliphatic carbocycles. The lowest BCUT2D eigenvalue weighted by Crippen LogP contribution is -2.04. The molecule has 0 unspecified atom stereocenters. The van der Waals surface area contributed by atoms with Crippen molar-refractivity contribution in [1.82, 2.24) is 0 Å². The number of thioether (sulfide) groups is 2. The second kappa shape index (κ2) is 7.20. The Bertz CT molecular complexity index is 328. The molecule has 0 fully saturated rings. The molecule has 82 valence electrons. The minimum Gasteiger partial charge on any atom is -0.293 e. The Hall–Kier alpha value is -0.120. The minimum atomic E-state index is 0.117. The molecular formula is C11H13ClOS2. The molecule has 4 heteroatoms. The maximum absolute atomic E-state index is 11.7. The molecule has 0 aromatic heterocycles. The van der Waals surface area contributed by atoms with E-state index in [1.54, 1.807) is 35.7 Å². The SMILES string of the molecule is CSCCSCC(=O)c1ccccc1Cl. The molecule has 0 spiro atoms. The molecule has 0 saturated heterocycles. The fraction of sp³-hybridized carbons (Fsp3) is 0.364. The van der Waals surface area contributed by atoms with Crippen molar-refractivity contribution >= 4 is 40.9 Å². The fourth-order valence-corrected chi connectivity index (χ4v) is 2.94. The number of ketones is 1. The Morgan fingerprint density at radius 1 is 1.33 bits per heavy atom. The fourth-order valence-electron chi connectivity index (χ4n) is 1.07. The van der Waals surface area contributed by atoms with Gasteiger partial charge in [-0.25, -0.2) is 0 Å². The van der Waals surface area contributed by atoms with Crippen molar-refractivity contribution in [2.24, 2.45) is 0 Å². The summed E-state index contributed by atoms with van der Waals surface area (Å²) in [5, 5.41) is 0.549. The highest BCUT2D eigenvalue weighted by Crippen LogP contribution is 2.17. The van der Waals surface area contributed by atoms with E-state index in [1.165, 1.54) is 0 Å². The van der Waals surface area contributed by atoms with E-state index in [9.17, 15) is 4.79 Å². The van der Waals surface area contributed by atoms with Crippen molar-refractivity contribution in [2.75, 3.05) is 23.5 Å². The topological polar surface area (TPSA) is 17.1 Å². The number of Topliss-reactive ketones (excluding diaryl/α,β-unsaturated/α-hetero) is 1. The molecule has 15 heavy (non-hydrogen) atoms. The van der Waals surface area contributed by atoms with E-state index >= 15 is 0 Å². The normalized spacial score (nSPS) is 10.3. The van der Waals surface area contributed by atoms with Crippen LogP contribution in [0.4, 0.5) is 0 Å². The van der Waals surface area contributed by atoms with Crippen LogP contribution in [0, 0.1) is 0 Å². The van der Waals surface area contributed by atoms with E-state index < -0.39 is 0 Å². The lowest BCUT2D eigenvalue weighted by atomic mass is 10.1. The van der Waals surface area contributed by atoms with Gasteiger partial charge in [-0.05, 0) is 18.4 Å². The Balaban J connectivity index is 2.44. The molecule has 0 amide bonds. The summed E-state index contributed by atoms with van der Waals surface area (Å²) in [4.78, 5) is 11.7. The highest BCUT2D eigenvalue weighted by molar-refractivity contribution is 8.02. The van der Waals surface area contributed by atoms with Gasteiger partial charge in [-0.15, -0.1) is 0 Å². The van der Waals surface area contributed by atoms with Gasteiger partial charge in [0.1, 0.15) is 0 Å². The zero-order valence-electron chi connectivity index (χ0n) is 8.53. The smallest absolute Gasteiger partial charge is 0.174 e. The number of halogens is 1. The van der Waals surface area contributed by atoms with Crippen LogP contribution in [0.5, 0.6) is 0 Å². The summed E-state index contributed by atoms with van der Waals surface area (Å²) in [6, 6.07) is 7.20. The molecule has 0 aliphatic rings. The number of carbonyl (C=O) groups is 1. The predicted octanol–water partition coefficient (Wildman–Crippen LogP) is 3.62. The van der Waals surface area contributed by atoms with Crippen LogP contribution in [0.2, 0.25) is 5.02 Å². The van der Waals surface area contributed by atoms with Crippen LogP contribution in [0.25, 0.3) is 0 Å². The molecule has 0 N–H and O–H groups in total. The Morgan fingerprint density at radius 3 is 2.73 bits per heavy atom. The molecule has 1 rings (SSSR count). The summed E-state index contributed by atoms with van der Waals surface area (Å²) in [5.74, 6) is 2.73. The number of hydrogen-bond donors (Lipinski definition) is 0. The monoisotopic (exact) mass is 260 g/mol. The van der Waals surface area contributed by atoms with Crippen molar-refractivity contribution in [3.05, 3.63) is 34.9 Å². The summed E-state index contributed by atoms with van der Waals surface area (Å²) in [5.41, 5.74) is 0.635. The van der Waals surface area contributed by atoms with Crippen molar-refractivity contribution in [3.8, 4) is 0 Å². The average molecular weight is 261 g/mol. The lowest BCUT2D eigenvalue weighted by Gasteiger charge is -2.02. The van der Waals surface area contributed by atoms with Crippen LogP contribution in [0.15, 0.2) is 24.3 Å². The summed E-state index contributed by atoms with van der Waals surface area (Å²) < 4.78 is 0. The van der Waals surface area contributed by atoms with Crippen LogP contribution in [0.1, 0.15) is 10.4 Å². The molecule has 0 saturated carbocycles. The maximum atomic E-state index is 11.7. The lowest BCUT2D eigenvalue weighted by molar-refractivity contribution is 0.102. The molecule has 0 radical (unpaired) electrons. The van der Waals surface area contributed by atoms with E-state index in [-0.39, 0.29) is 5.78 Å². The van der Waals surface area contributed by atoms with Crippen LogP contribution >= 0.6 is 35.1 Å². The first kappa shape index (κ1) is 12.9. The third kappa shape index (κ3) is 4.49. The molecule has 0 atom stereocenters. The third-order valence-corrected chi connectivity index (χ3v) is 4.00.